The van der Waals surface area contributed by atoms with Crippen molar-refractivity contribution in [2.45, 2.75) is 51.9 Å². The van der Waals surface area contributed by atoms with Gasteiger partial charge in [0.15, 0.2) is 5.16 Å². The SMILES string of the molecule is CCOC(=O)c1sc(NC(=O)C(C)Sc2nc(-c3ccc(C)cc3)c(-c3ccc(C)cc3)[nH]2)c(C(=O)OCC)c1C. The molecule has 0 radical (unpaired) electrons. The Bertz CT molecular complexity index is 1490. The maximum absolute atomic E-state index is 13.3. The fraction of sp³-hybridized carbons (Fsp3) is 0.290. The molecule has 1 unspecified atom stereocenters. The minimum atomic E-state index is -0.607. The van der Waals surface area contributed by atoms with Crippen molar-refractivity contribution in [3.8, 4) is 22.5 Å². The normalized spacial score (nSPS) is 11.7. The summed E-state index contributed by atoms with van der Waals surface area (Å²) in [5.41, 5.74) is 6.49. The Kier molecular flexibility index (Phi) is 9.67. The zero-order chi connectivity index (χ0) is 29.7. The number of benzene rings is 2. The van der Waals surface area contributed by atoms with Gasteiger partial charge >= 0.3 is 11.9 Å². The molecule has 2 aromatic carbocycles. The summed E-state index contributed by atoms with van der Waals surface area (Å²) in [6, 6.07) is 16.3. The van der Waals surface area contributed by atoms with E-state index < -0.39 is 17.2 Å². The monoisotopic (exact) mass is 591 g/mol. The van der Waals surface area contributed by atoms with Crippen LogP contribution in [0.1, 0.15) is 57.5 Å². The predicted octanol–water partition coefficient (Wildman–Crippen LogP) is 7.20. The van der Waals surface area contributed by atoms with Gasteiger partial charge in [0.2, 0.25) is 5.91 Å². The molecule has 1 atom stereocenters. The second-order valence-electron chi connectivity index (χ2n) is 9.45. The number of hydrogen-bond acceptors (Lipinski definition) is 8. The van der Waals surface area contributed by atoms with Crippen molar-refractivity contribution >= 4 is 45.9 Å². The highest BCUT2D eigenvalue weighted by molar-refractivity contribution is 8.00. The first-order valence-corrected chi connectivity index (χ1v) is 15.0. The summed E-state index contributed by atoms with van der Waals surface area (Å²) in [5, 5.41) is 3.09. The zero-order valence-corrected chi connectivity index (χ0v) is 25.5. The lowest BCUT2D eigenvalue weighted by Crippen LogP contribution is -2.23. The van der Waals surface area contributed by atoms with Crippen LogP contribution in [0.5, 0.6) is 0 Å². The number of nitrogens with one attached hydrogen (secondary N) is 2. The lowest BCUT2D eigenvalue weighted by molar-refractivity contribution is -0.115. The van der Waals surface area contributed by atoms with E-state index in [0.717, 1.165) is 45.0 Å². The molecule has 0 aliphatic rings. The van der Waals surface area contributed by atoms with Crippen LogP contribution in [0.25, 0.3) is 22.5 Å². The summed E-state index contributed by atoms with van der Waals surface area (Å²) in [4.78, 5) is 47.1. The molecule has 0 fully saturated rings. The summed E-state index contributed by atoms with van der Waals surface area (Å²) in [6.45, 7) is 11.2. The van der Waals surface area contributed by atoms with Gasteiger partial charge in [-0.05, 0) is 47.1 Å². The maximum atomic E-state index is 13.3. The molecule has 0 aliphatic carbocycles. The standard InChI is InChI=1S/C31H33N3O5S2/c1-7-38-29(36)23-19(5)26(30(37)39-8-2)41-28(23)34-27(35)20(6)40-31-32-24(21-13-9-17(3)10-14-21)25(33-31)22-15-11-18(4)12-16-22/h9-16,20H,7-8H2,1-6H3,(H,32,33)(H,34,35). The zero-order valence-electron chi connectivity index (χ0n) is 23.9. The van der Waals surface area contributed by atoms with Gasteiger partial charge in [-0.15, -0.1) is 11.3 Å². The van der Waals surface area contributed by atoms with E-state index >= 15 is 0 Å². The number of H-pyrrole nitrogens is 1. The number of ether oxygens (including phenoxy) is 2. The number of thioether (sulfide) groups is 1. The topological polar surface area (TPSA) is 110 Å². The van der Waals surface area contributed by atoms with Crippen LogP contribution in [-0.2, 0) is 14.3 Å². The van der Waals surface area contributed by atoms with E-state index in [4.69, 9.17) is 14.5 Å². The molecule has 1 amide bonds. The first kappa shape index (κ1) is 30.1. The van der Waals surface area contributed by atoms with E-state index in [0.29, 0.717) is 10.7 Å². The van der Waals surface area contributed by atoms with Crippen molar-refractivity contribution < 1.29 is 23.9 Å². The highest BCUT2D eigenvalue weighted by Crippen LogP contribution is 2.37. The molecular formula is C31H33N3O5S2. The molecule has 10 heteroatoms. The van der Waals surface area contributed by atoms with Gasteiger partial charge in [0.25, 0.3) is 0 Å². The van der Waals surface area contributed by atoms with E-state index in [2.05, 4.69) is 10.3 Å². The van der Waals surface area contributed by atoms with Crippen LogP contribution in [0.15, 0.2) is 53.7 Å². The number of nitrogens with zero attached hydrogens (tertiary/aromatic N) is 1. The highest BCUT2D eigenvalue weighted by Gasteiger charge is 2.29. The van der Waals surface area contributed by atoms with Crippen molar-refractivity contribution in [3.05, 3.63) is 75.7 Å². The van der Waals surface area contributed by atoms with E-state index in [1.165, 1.54) is 11.8 Å². The predicted molar refractivity (Wildman–Crippen MR) is 164 cm³/mol. The molecule has 0 saturated carbocycles. The Hall–Kier alpha value is -3.89. The van der Waals surface area contributed by atoms with Gasteiger partial charge in [0, 0.05) is 11.1 Å². The Morgan fingerprint density at radius 2 is 1.46 bits per heavy atom. The molecule has 8 nitrogen and oxygen atoms in total. The van der Waals surface area contributed by atoms with Crippen LogP contribution in [0.2, 0.25) is 0 Å². The van der Waals surface area contributed by atoms with Gasteiger partial charge in [-0.25, -0.2) is 14.6 Å². The second kappa shape index (κ2) is 13.2. The Labute approximate surface area is 247 Å². The lowest BCUT2D eigenvalue weighted by atomic mass is 10.0. The smallest absolute Gasteiger partial charge is 0.348 e. The number of anilines is 1. The molecule has 4 aromatic rings. The van der Waals surface area contributed by atoms with Crippen LogP contribution < -0.4 is 5.32 Å². The molecule has 4 rings (SSSR count). The number of aryl methyl sites for hydroxylation is 2. The minimum absolute atomic E-state index is 0.159. The number of amides is 1. The van der Waals surface area contributed by atoms with Gasteiger partial charge in [-0.3, -0.25) is 4.79 Å². The molecule has 2 heterocycles. The summed E-state index contributed by atoms with van der Waals surface area (Å²) < 4.78 is 10.3. The number of carbonyl (C=O) groups excluding carboxylic acids is 3. The Morgan fingerprint density at radius 1 is 0.902 bits per heavy atom. The molecule has 41 heavy (non-hydrogen) atoms. The van der Waals surface area contributed by atoms with Gasteiger partial charge < -0.3 is 19.8 Å². The third-order valence-corrected chi connectivity index (χ3v) is 8.50. The van der Waals surface area contributed by atoms with Crippen LogP contribution in [0, 0.1) is 20.8 Å². The number of aromatic amines is 1. The van der Waals surface area contributed by atoms with Gasteiger partial charge in [-0.2, -0.15) is 0 Å². The third kappa shape index (κ3) is 6.89. The number of rotatable bonds is 10. The fourth-order valence-electron chi connectivity index (χ4n) is 4.13. The van der Waals surface area contributed by atoms with Gasteiger partial charge in [-0.1, -0.05) is 71.4 Å². The first-order valence-electron chi connectivity index (χ1n) is 13.3. The van der Waals surface area contributed by atoms with Crippen LogP contribution in [0.4, 0.5) is 5.00 Å². The van der Waals surface area contributed by atoms with Crippen molar-refractivity contribution in [2.24, 2.45) is 0 Å². The Balaban J connectivity index is 1.61. The van der Waals surface area contributed by atoms with Gasteiger partial charge in [0.05, 0.1) is 35.4 Å². The Morgan fingerprint density at radius 3 is 2.05 bits per heavy atom. The number of imidazole rings is 1. The largest absolute Gasteiger partial charge is 0.462 e. The summed E-state index contributed by atoms with van der Waals surface area (Å²) in [6.07, 6.45) is 0. The van der Waals surface area contributed by atoms with Crippen LogP contribution in [-0.4, -0.2) is 46.3 Å². The lowest BCUT2D eigenvalue weighted by Gasteiger charge is -2.11. The molecule has 0 saturated heterocycles. The van der Waals surface area contributed by atoms with Crippen molar-refractivity contribution in [2.75, 3.05) is 18.5 Å². The number of carbonyl (C=O) groups is 3. The summed E-state index contributed by atoms with van der Waals surface area (Å²) in [7, 11) is 0. The molecule has 0 spiro atoms. The molecule has 0 aliphatic heterocycles. The number of esters is 2. The van der Waals surface area contributed by atoms with E-state index in [9.17, 15) is 14.4 Å². The number of aromatic nitrogens is 2. The number of hydrogen-bond donors (Lipinski definition) is 2. The average Bonchev–Trinajstić information content (AvgIpc) is 3.50. The highest BCUT2D eigenvalue weighted by atomic mass is 32.2. The quantitative estimate of drug-likeness (QED) is 0.148. The fourth-order valence-corrected chi connectivity index (χ4v) is 6.03. The van der Waals surface area contributed by atoms with Crippen LogP contribution in [0.3, 0.4) is 0 Å². The summed E-state index contributed by atoms with van der Waals surface area (Å²) >= 11 is 2.27. The van der Waals surface area contributed by atoms with E-state index in [-0.39, 0.29) is 34.6 Å². The minimum Gasteiger partial charge on any atom is -0.462 e. The third-order valence-electron chi connectivity index (χ3n) is 6.33. The van der Waals surface area contributed by atoms with E-state index in [1.54, 1.807) is 27.7 Å². The van der Waals surface area contributed by atoms with Crippen molar-refractivity contribution in [1.29, 1.82) is 0 Å². The van der Waals surface area contributed by atoms with Crippen molar-refractivity contribution in [3.63, 3.8) is 0 Å². The van der Waals surface area contributed by atoms with Gasteiger partial charge in [0.1, 0.15) is 9.88 Å². The molecule has 214 valence electrons. The maximum Gasteiger partial charge on any atom is 0.348 e. The summed E-state index contributed by atoms with van der Waals surface area (Å²) in [5.74, 6) is -1.50. The molecule has 2 N–H and O–H groups in total. The van der Waals surface area contributed by atoms with Crippen molar-refractivity contribution in [1.82, 2.24) is 9.97 Å². The molecule has 0 bridgehead atoms. The van der Waals surface area contributed by atoms with E-state index in [1.807, 2.05) is 62.4 Å². The average molecular weight is 592 g/mol. The molecular weight excluding hydrogens is 558 g/mol. The van der Waals surface area contributed by atoms with Crippen LogP contribution >= 0.6 is 23.1 Å². The molecule has 2 aromatic heterocycles. The second-order valence-corrected chi connectivity index (χ2v) is 11.8. The number of thiophene rings is 1. The first-order chi connectivity index (χ1) is 19.6.